The van der Waals surface area contributed by atoms with Gasteiger partial charge in [-0.15, -0.1) is 0 Å². The Balaban J connectivity index is 0. The molecule has 0 aromatic heterocycles. The second-order valence-electron chi connectivity index (χ2n) is 2.88. The van der Waals surface area contributed by atoms with Crippen molar-refractivity contribution in [2.75, 3.05) is 14.1 Å². The molecule has 11 heteroatoms. The van der Waals surface area contributed by atoms with Crippen LogP contribution in [0, 0.1) is 0 Å². The molecule has 17 heavy (non-hydrogen) atoms. The number of alkyl halides is 6. The molecule has 0 bridgehead atoms. The molecule has 0 fully saturated rings. The van der Waals surface area contributed by atoms with Crippen LogP contribution in [0.3, 0.4) is 0 Å². The summed E-state index contributed by atoms with van der Waals surface area (Å²) in [5.74, 6) is 0. The molecular formula is C6H11F6NO3S. The summed E-state index contributed by atoms with van der Waals surface area (Å²) in [4.78, 5) is 0. The van der Waals surface area contributed by atoms with Crippen molar-refractivity contribution in [1.82, 2.24) is 0 Å². The van der Waals surface area contributed by atoms with Crippen molar-refractivity contribution in [3.05, 3.63) is 0 Å². The van der Waals surface area contributed by atoms with Crippen molar-refractivity contribution < 1.29 is 44.6 Å². The van der Waals surface area contributed by atoms with Crippen molar-refractivity contribution in [3.8, 4) is 0 Å². The predicted molar refractivity (Wildman–Crippen MR) is 44.0 cm³/mol. The molecule has 0 saturated heterocycles. The minimum Gasteiger partial charge on any atom is -0.743 e. The quantitative estimate of drug-likeness (QED) is 0.597. The lowest BCUT2D eigenvalue weighted by atomic mass is 10.3. The summed E-state index contributed by atoms with van der Waals surface area (Å²) in [5, 5.41) is -3.57. The van der Waals surface area contributed by atoms with E-state index in [0.717, 1.165) is 0 Å². The first-order chi connectivity index (χ1) is 7.29. The molecule has 1 unspecified atom stereocenters. The molecule has 0 aromatic carbocycles. The average molecular weight is 291 g/mol. The SMILES string of the molecule is C[NH2+]C.O=S(=O)([O-])C(F)(F)C(F)CC(F)(F)F. The van der Waals surface area contributed by atoms with Gasteiger partial charge in [-0.2, -0.15) is 22.0 Å². The third kappa shape index (κ3) is 7.39. The molecule has 0 radical (unpaired) electrons. The summed E-state index contributed by atoms with van der Waals surface area (Å²) >= 11 is 0. The van der Waals surface area contributed by atoms with Crippen molar-refractivity contribution in [2.45, 2.75) is 24.0 Å². The van der Waals surface area contributed by atoms with Gasteiger partial charge in [0.1, 0.15) is 0 Å². The Labute approximate surface area is 93.7 Å². The van der Waals surface area contributed by atoms with Gasteiger partial charge >= 0.3 is 11.4 Å². The molecule has 106 valence electrons. The molecule has 0 aliphatic carbocycles. The maximum atomic E-state index is 12.1. The van der Waals surface area contributed by atoms with E-state index in [1.165, 1.54) is 0 Å². The third-order valence-corrected chi connectivity index (χ3v) is 2.03. The highest BCUT2D eigenvalue weighted by atomic mass is 32.2. The fourth-order valence-corrected chi connectivity index (χ4v) is 0.875. The van der Waals surface area contributed by atoms with E-state index in [0.29, 0.717) is 0 Å². The normalized spacial score (nSPS) is 14.9. The van der Waals surface area contributed by atoms with Gasteiger partial charge in [0.2, 0.25) is 0 Å². The molecule has 0 aliphatic heterocycles. The van der Waals surface area contributed by atoms with Gasteiger partial charge in [-0.25, -0.2) is 12.8 Å². The van der Waals surface area contributed by atoms with Gasteiger partial charge in [-0.05, 0) is 0 Å². The van der Waals surface area contributed by atoms with E-state index in [2.05, 4.69) is 0 Å². The highest BCUT2D eigenvalue weighted by molar-refractivity contribution is 7.86. The summed E-state index contributed by atoms with van der Waals surface area (Å²) in [6, 6.07) is 0. The van der Waals surface area contributed by atoms with E-state index < -0.39 is 34.1 Å². The molecule has 0 spiro atoms. The van der Waals surface area contributed by atoms with E-state index >= 15 is 0 Å². The molecule has 0 amide bonds. The van der Waals surface area contributed by atoms with Crippen LogP contribution in [-0.4, -0.2) is 44.7 Å². The summed E-state index contributed by atoms with van der Waals surface area (Å²) < 4.78 is 99.3. The number of quaternary nitrogens is 1. The molecule has 0 rings (SSSR count). The number of nitrogens with two attached hydrogens (primary N) is 1. The first-order valence-electron chi connectivity index (χ1n) is 4.07. The van der Waals surface area contributed by atoms with Crippen LogP contribution >= 0.6 is 0 Å². The maximum absolute atomic E-state index is 12.1. The lowest BCUT2D eigenvalue weighted by Crippen LogP contribution is -2.74. The molecular weight excluding hydrogens is 280 g/mol. The number of rotatable bonds is 3. The van der Waals surface area contributed by atoms with Crippen LogP contribution in [0.4, 0.5) is 26.3 Å². The highest BCUT2D eigenvalue weighted by Gasteiger charge is 2.51. The lowest BCUT2D eigenvalue weighted by molar-refractivity contribution is -0.597. The standard InChI is InChI=1S/C4H4F6O3S.C2H7N/c5-2(1-3(6,7)8)4(9,10)14(11,12)13;1-3-2/h2H,1H2,(H,11,12,13);3H,1-2H3. The zero-order valence-electron chi connectivity index (χ0n) is 8.76. The van der Waals surface area contributed by atoms with Crippen molar-refractivity contribution in [2.24, 2.45) is 0 Å². The first kappa shape index (κ1) is 18.8. The second kappa shape index (κ2) is 6.40. The molecule has 0 aliphatic rings. The highest BCUT2D eigenvalue weighted by Crippen LogP contribution is 2.34. The van der Waals surface area contributed by atoms with E-state index in [4.69, 9.17) is 0 Å². The minimum absolute atomic E-state index is 2.00. The Bertz CT molecular complexity index is 314. The Morgan fingerprint density at radius 3 is 1.65 bits per heavy atom. The van der Waals surface area contributed by atoms with Crippen molar-refractivity contribution in [1.29, 1.82) is 0 Å². The van der Waals surface area contributed by atoms with Crippen LogP contribution in [0.1, 0.15) is 6.42 Å². The van der Waals surface area contributed by atoms with Crippen LogP contribution in [0.2, 0.25) is 0 Å². The fourth-order valence-electron chi connectivity index (χ4n) is 0.479. The molecule has 2 N–H and O–H groups in total. The second-order valence-corrected chi connectivity index (χ2v) is 4.33. The van der Waals surface area contributed by atoms with Crippen molar-refractivity contribution in [3.63, 3.8) is 0 Å². The number of halogens is 6. The van der Waals surface area contributed by atoms with Gasteiger partial charge in [-0.1, -0.05) is 0 Å². The van der Waals surface area contributed by atoms with Crippen LogP contribution in [0.25, 0.3) is 0 Å². The topological polar surface area (TPSA) is 73.8 Å². The summed E-state index contributed by atoms with van der Waals surface area (Å²) in [6.45, 7) is 0. The van der Waals surface area contributed by atoms with Crippen LogP contribution in [-0.2, 0) is 10.1 Å². The van der Waals surface area contributed by atoms with Gasteiger partial charge in [0.15, 0.2) is 16.3 Å². The lowest BCUT2D eigenvalue weighted by Gasteiger charge is -2.23. The van der Waals surface area contributed by atoms with E-state index in [1.54, 1.807) is 0 Å². The van der Waals surface area contributed by atoms with Crippen LogP contribution in [0.15, 0.2) is 0 Å². The Kier molecular flexibility index (Phi) is 7.08. The monoisotopic (exact) mass is 291 g/mol. The summed E-state index contributed by atoms with van der Waals surface area (Å²) in [5.41, 5.74) is 0. The smallest absolute Gasteiger partial charge is 0.392 e. The minimum atomic E-state index is -6.43. The zero-order chi connectivity index (χ0) is 14.5. The van der Waals surface area contributed by atoms with Crippen LogP contribution in [0.5, 0.6) is 0 Å². The zero-order valence-corrected chi connectivity index (χ0v) is 9.58. The Morgan fingerprint density at radius 1 is 1.18 bits per heavy atom. The number of hydrogen-bond acceptors (Lipinski definition) is 3. The van der Waals surface area contributed by atoms with E-state index in [-0.39, 0.29) is 0 Å². The molecule has 1 atom stereocenters. The van der Waals surface area contributed by atoms with Crippen molar-refractivity contribution >= 4 is 10.1 Å². The third-order valence-electron chi connectivity index (χ3n) is 1.11. The Hall–Kier alpha value is -0.550. The van der Waals surface area contributed by atoms with Gasteiger partial charge < -0.3 is 9.87 Å². The molecule has 0 aromatic rings. The molecule has 0 heterocycles. The van der Waals surface area contributed by atoms with Gasteiger partial charge in [-0.3, -0.25) is 0 Å². The van der Waals surface area contributed by atoms with E-state index in [9.17, 15) is 39.3 Å². The first-order valence-corrected chi connectivity index (χ1v) is 5.48. The molecule has 4 nitrogen and oxygen atoms in total. The number of hydrogen-bond donors (Lipinski definition) is 1. The largest absolute Gasteiger partial charge is 0.743 e. The summed E-state index contributed by atoms with van der Waals surface area (Å²) in [7, 11) is -2.43. The van der Waals surface area contributed by atoms with E-state index in [1.807, 2.05) is 19.4 Å². The van der Waals surface area contributed by atoms with Gasteiger partial charge in [0.25, 0.3) is 0 Å². The van der Waals surface area contributed by atoms with Crippen LogP contribution < -0.4 is 5.32 Å². The maximum Gasteiger partial charge on any atom is 0.392 e. The fraction of sp³-hybridized carbons (Fsp3) is 1.00. The Morgan fingerprint density at radius 2 is 1.47 bits per heavy atom. The molecule has 0 saturated carbocycles. The summed E-state index contributed by atoms with van der Waals surface area (Å²) in [6.07, 6.45) is -12.1. The predicted octanol–water partition coefficient (Wildman–Crippen LogP) is 0.224. The van der Waals surface area contributed by atoms with Gasteiger partial charge in [0.05, 0.1) is 20.5 Å². The van der Waals surface area contributed by atoms with Gasteiger partial charge in [0, 0.05) is 0 Å². The average Bonchev–Trinajstić information content (AvgIpc) is 1.99.